The number of nitrogens with one attached hydrogen (secondary N) is 1. The van der Waals surface area contributed by atoms with Crippen molar-refractivity contribution in [2.45, 2.75) is 11.7 Å². The van der Waals surface area contributed by atoms with Gasteiger partial charge in [0.15, 0.2) is 5.82 Å². The summed E-state index contributed by atoms with van der Waals surface area (Å²) in [6.45, 7) is 0.424. The van der Waals surface area contributed by atoms with E-state index >= 15 is 0 Å². The van der Waals surface area contributed by atoms with Crippen molar-refractivity contribution in [3.8, 4) is 11.4 Å². The van der Waals surface area contributed by atoms with Crippen LogP contribution in [0.5, 0.6) is 0 Å². The maximum Gasteiger partial charge on any atom is 0.235 e. The van der Waals surface area contributed by atoms with Gasteiger partial charge >= 0.3 is 0 Å². The molecule has 0 saturated carbocycles. The molecule has 0 bridgehead atoms. The molecule has 31 heavy (non-hydrogen) atoms. The summed E-state index contributed by atoms with van der Waals surface area (Å²) in [5.74, 6) is 6.42. The van der Waals surface area contributed by atoms with Gasteiger partial charge in [-0.05, 0) is 35.9 Å². The van der Waals surface area contributed by atoms with Crippen LogP contribution in [0.1, 0.15) is 5.56 Å². The first kappa shape index (κ1) is 20.9. The number of hydrogen-bond donors (Lipinski definition) is 2. The van der Waals surface area contributed by atoms with Crippen LogP contribution in [0, 0.1) is 5.82 Å². The van der Waals surface area contributed by atoms with Crippen LogP contribution in [0.4, 0.5) is 10.2 Å². The molecule has 1 amide bonds. The van der Waals surface area contributed by atoms with E-state index in [1.807, 2.05) is 18.2 Å². The largest absolute Gasteiger partial charge is 0.335 e. The summed E-state index contributed by atoms with van der Waals surface area (Å²) in [7, 11) is 0. The molecule has 0 aliphatic rings. The highest BCUT2D eigenvalue weighted by Crippen LogP contribution is 2.22. The summed E-state index contributed by atoms with van der Waals surface area (Å²) in [4.78, 5) is 12.4. The number of benzene rings is 2. The van der Waals surface area contributed by atoms with Gasteiger partial charge in [0.05, 0.1) is 18.5 Å². The fourth-order valence-corrected chi connectivity index (χ4v) is 3.69. The number of nitrogens with zero attached hydrogens (tertiary/aromatic N) is 5. The van der Waals surface area contributed by atoms with E-state index in [0.717, 1.165) is 17.3 Å². The SMILES string of the molecule is Nn1c(SCC(=O)Nc2ccnn2Cc2ccccc2Cl)nnc1-c1ccc(F)cc1. The van der Waals surface area contributed by atoms with E-state index in [4.69, 9.17) is 17.4 Å². The number of carbonyl (C=O) groups is 1. The number of hydrogen-bond acceptors (Lipinski definition) is 6. The molecule has 0 unspecified atom stereocenters. The first-order valence-corrected chi connectivity index (χ1v) is 10.5. The zero-order chi connectivity index (χ0) is 21.8. The van der Waals surface area contributed by atoms with Crippen molar-refractivity contribution in [2.75, 3.05) is 16.9 Å². The first-order valence-electron chi connectivity index (χ1n) is 9.15. The maximum atomic E-state index is 13.1. The Morgan fingerprint density at radius 2 is 1.90 bits per heavy atom. The maximum absolute atomic E-state index is 13.1. The highest BCUT2D eigenvalue weighted by atomic mass is 35.5. The van der Waals surface area contributed by atoms with E-state index in [1.165, 1.54) is 16.8 Å². The molecular weight excluding hydrogens is 441 g/mol. The molecule has 0 radical (unpaired) electrons. The summed E-state index contributed by atoms with van der Waals surface area (Å²) in [5, 5.41) is 16.1. The van der Waals surface area contributed by atoms with Gasteiger partial charge in [0.25, 0.3) is 0 Å². The zero-order valence-electron chi connectivity index (χ0n) is 16.1. The number of thioether (sulfide) groups is 1. The second kappa shape index (κ2) is 9.19. The standard InChI is InChI=1S/C20H17ClFN7OS/c21-16-4-2-1-3-14(16)11-28-17(9-10-24-28)25-18(30)12-31-20-27-26-19(29(20)23)13-5-7-15(22)8-6-13/h1-10H,11-12,23H2,(H,25,30). The van der Waals surface area contributed by atoms with Crippen molar-refractivity contribution in [3.63, 3.8) is 0 Å². The van der Waals surface area contributed by atoms with E-state index in [1.54, 1.807) is 35.1 Å². The predicted octanol–water partition coefficient (Wildman–Crippen LogP) is 3.43. The van der Waals surface area contributed by atoms with Crippen LogP contribution >= 0.6 is 23.4 Å². The van der Waals surface area contributed by atoms with Crippen LogP contribution < -0.4 is 11.2 Å². The molecule has 0 atom stereocenters. The Labute approximate surface area is 186 Å². The molecule has 158 valence electrons. The summed E-state index contributed by atoms with van der Waals surface area (Å²) >= 11 is 7.34. The Hall–Kier alpha value is -3.37. The quantitative estimate of drug-likeness (QED) is 0.325. The molecular formula is C20H17ClFN7OS. The van der Waals surface area contributed by atoms with E-state index in [0.29, 0.717) is 33.9 Å². The van der Waals surface area contributed by atoms with Gasteiger partial charge in [-0.2, -0.15) is 5.10 Å². The molecule has 0 fully saturated rings. The topological polar surface area (TPSA) is 104 Å². The van der Waals surface area contributed by atoms with Crippen LogP contribution in [0.15, 0.2) is 66.0 Å². The molecule has 2 aromatic heterocycles. The van der Waals surface area contributed by atoms with Crippen molar-refractivity contribution in [2.24, 2.45) is 0 Å². The third-order valence-corrected chi connectivity index (χ3v) is 5.67. The fourth-order valence-electron chi connectivity index (χ4n) is 2.83. The highest BCUT2D eigenvalue weighted by Gasteiger charge is 2.15. The lowest BCUT2D eigenvalue weighted by atomic mass is 10.2. The predicted molar refractivity (Wildman–Crippen MR) is 118 cm³/mol. The smallest absolute Gasteiger partial charge is 0.235 e. The van der Waals surface area contributed by atoms with Gasteiger partial charge in [-0.1, -0.05) is 41.6 Å². The Kier molecular flexibility index (Phi) is 6.19. The first-order chi connectivity index (χ1) is 15.0. The highest BCUT2D eigenvalue weighted by molar-refractivity contribution is 7.99. The van der Waals surface area contributed by atoms with Gasteiger partial charge in [0, 0.05) is 16.7 Å². The molecule has 0 saturated heterocycles. The van der Waals surface area contributed by atoms with Gasteiger partial charge in [0.2, 0.25) is 11.1 Å². The van der Waals surface area contributed by atoms with Crippen LogP contribution in [0.3, 0.4) is 0 Å². The minimum Gasteiger partial charge on any atom is -0.335 e. The van der Waals surface area contributed by atoms with Crippen molar-refractivity contribution in [3.05, 3.63) is 77.2 Å². The lowest BCUT2D eigenvalue weighted by Gasteiger charge is -2.10. The van der Waals surface area contributed by atoms with Gasteiger partial charge in [0.1, 0.15) is 11.6 Å². The average molecular weight is 458 g/mol. The molecule has 0 aliphatic heterocycles. The third kappa shape index (κ3) is 4.86. The summed E-state index contributed by atoms with van der Waals surface area (Å²) in [6.07, 6.45) is 1.60. The van der Waals surface area contributed by atoms with Crippen molar-refractivity contribution in [1.82, 2.24) is 24.7 Å². The minimum atomic E-state index is -0.355. The Balaban J connectivity index is 1.38. The summed E-state index contributed by atoms with van der Waals surface area (Å²) in [5.41, 5.74) is 1.51. The summed E-state index contributed by atoms with van der Waals surface area (Å²) in [6, 6.07) is 14.9. The molecule has 3 N–H and O–H groups in total. The van der Waals surface area contributed by atoms with Crippen LogP contribution in [-0.4, -0.2) is 36.3 Å². The number of carbonyl (C=O) groups excluding carboxylic acids is 1. The van der Waals surface area contributed by atoms with E-state index in [2.05, 4.69) is 20.6 Å². The van der Waals surface area contributed by atoms with Crippen LogP contribution in [0.2, 0.25) is 5.02 Å². The lowest BCUT2D eigenvalue weighted by Crippen LogP contribution is -2.19. The lowest BCUT2D eigenvalue weighted by molar-refractivity contribution is -0.113. The molecule has 11 heteroatoms. The fraction of sp³-hybridized carbons (Fsp3) is 0.100. The molecule has 8 nitrogen and oxygen atoms in total. The molecule has 0 spiro atoms. The Morgan fingerprint density at radius 3 is 2.68 bits per heavy atom. The van der Waals surface area contributed by atoms with Crippen LogP contribution in [0.25, 0.3) is 11.4 Å². The molecule has 4 rings (SSSR count). The number of aromatic nitrogens is 5. The molecule has 4 aromatic rings. The second-order valence-corrected chi connectivity index (χ2v) is 7.84. The monoisotopic (exact) mass is 457 g/mol. The number of amides is 1. The van der Waals surface area contributed by atoms with Crippen LogP contribution in [-0.2, 0) is 11.3 Å². The van der Waals surface area contributed by atoms with Gasteiger partial charge in [-0.25, -0.2) is 13.7 Å². The molecule has 2 aromatic carbocycles. The van der Waals surface area contributed by atoms with E-state index in [-0.39, 0.29) is 17.5 Å². The Bertz CT molecular complexity index is 1210. The van der Waals surface area contributed by atoms with Gasteiger partial charge in [-0.3, -0.25) is 4.79 Å². The molecule has 0 aliphatic carbocycles. The van der Waals surface area contributed by atoms with Crippen molar-refractivity contribution >= 4 is 35.1 Å². The van der Waals surface area contributed by atoms with Crippen molar-refractivity contribution in [1.29, 1.82) is 0 Å². The number of anilines is 1. The average Bonchev–Trinajstić information content (AvgIpc) is 3.35. The number of rotatable bonds is 7. The van der Waals surface area contributed by atoms with E-state index < -0.39 is 0 Å². The number of halogens is 2. The van der Waals surface area contributed by atoms with E-state index in [9.17, 15) is 9.18 Å². The number of nitrogens with two attached hydrogens (primary N) is 1. The third-order valence-electron chi connectivity index (χ3n) is 4.36. The number of nitrogen functional groups attached to an aromatic ring is 1. The summed E-state index contributed by atoms with van der Waals surface area (Å²) < 4.78 is 16.0. The zero-order valence-corrected chi connectivity index (χ0v) is 17.6. The van der Waals surface area contributed by atoms with Gasteiger partial charge < -0.3 is 11.2 Å². The van der Waals surface area contributed by atoms with Crippen molar-refractivity contribution < 1.29 is 9.18 Å². The second-order valence-electron chi connectivity index (χ2n) is 6.49. The Morgan fingerprint density at radius 1 is 1.13 bits per heavy atom. The van der Waals surface area contributed by atoms with Gasteiger partial charge in [-0.15, -0.1) is 10.2 Å². The normalized spacial score (nSPS) is 10.9. The molecule has 2 heterocycles. The minimum absolute atomic E-state index is 0.0655.